The van der Waals surface area contributed by atoms with Crippen LogP contribution in [0.2, 0.25) is 0 Å². The topological polar surface area (TPSA) is 49.3 Å². The van der Waals surface area contributed by atoms with Crippen molar-refractivity contribution in [2.24, 2.45) is 0 Å². The number of hydrogen-bond acceptors (Lipinski definition) is 3. The standard InChI is InChI=1S/C17H19NO2S/c19-11-10-15(14-5-2-1-3-6-14)13-18-17(20)9-8-16-7-4-12-21-16/h1-9,12,15,19H,10-11,13H2,(H,18,20)/b9-8+. The SMILES string of the molecule is O=C(/C=C/c1cccs1)NCC(CCO)c1ccccc1. The van der Waals surface area contributed by atoms with E-state index in [0.717, 1.165) is 10.4 Å². The van der Waals surface area contributed by atoms with Gasteiger partial charge in [0.05, 0.1) is 0 Å². The minimum absolute atomic E-state index is 0.109. The molecule has 0 radical (unpaired) electrons. The zero-order valence-corrected chi connectivity index (χ0v) is 12.6. The fourth-order valence-electron chi connectivity index (χ4n) is 2.09. The Morgan fingerprint density at radius 2 is 2.05 bits per heavy atom. The molecule has 2 aromatic rings. The molecule has 3 nitrogen and oxygen atoms in total. The predicted molar refractivity (Wildman–Crippen MR) is 87.2 cm³/mol. The number of nitrogens with one attached hydrogen (secondary N) is 1. The Balaban J connectivity index is 1.88. The van der Waals surface area contributed by atoms with E-state index in [2.05, 4.69) is 5.32 Å². The molecule has 4 heteroatoms. The Morgan fingerprint density at radius 3 is 2.71 bits per heavy atom. The van der Waals surface area contributed by atoms with Crippen LogP contribution in [0.1, 0.15) is 22.8 Å². The van der Waals surface area contributed by atoms with Gasteiger partial charge in [0.2, 0.25) is 5.91 Å². The Morgan fingerprint density at radius 1 is 1.24 bits per heavy atom. The summed E-state index contributed by atoms with van der Waals surface area (Å²) in [6, 6.07) is 13.9. The molecule has 2 N–H and O–H groups in total. The van der Waals surface area contributed by atoms with Crippen LogP contribution in [0.4, 0.5) is 0 Å². The van der Waals surface area contributed by atoms with Gasteiger partial charge < -0.3 is 10.4 Å². The Hall–Kier alpha value is -1.91. The smallest absolute Gasteiger partial charge is 0.244 e. The molecule has 1 heterocycles. The minimum atomic E-state index is -0.109. The van der Waals surface area contributed by atoms with Gasteiger partial charge in [-0.2, -0.15) is 0 Å². The van der Waals surface area contributed by atoms with Crippen molar-refractivity contribution in [2.45, 2.75) is 12.3 Å². The van der Waals surface area contributed by atoms with E-state index in [0.29, 0.717) is 13.0 Å². The average Bonchev–Trinajstić information content (AvgIpc) is 3.03. The van der Waals surface area contributed by atoms with Crippen molar-refractivity contribution in [3.63, 3.8) is 0 Å². The maximum absolute atomic E-state index is 11.8. The summed E-state index contributed by atoms with van der Waals surface area (Å²) < 4.78 is 0. The van der Waals surface area contributed by atoms with E-state index >= 15 is 0 Å². The van der Waals surface area contributed by atoms with Crippen LogP contribution < -0.4 is 5.32 Å². The first-order valence-corrected chi connectivity index (χ1v) is 7.83. The first-order valence-electron chi connectivity index (χ1n) is 6.95. The largest absolute Gasteiger partial charge is 0.396 e. The van der Waals surface area contributed by atoms with Crippen molar-refractivity contribution in [1.82, 2.24) is 5.32 Å². The number of carbonyl (C=O) groups excluding carboxylic acids is 1. The summed E-state index contributed by atoms with van der Waals surface area (Å²) >= 11 is 1.59. The second kappa shape index (κ2) is 8.39. The van der Waals surface area contributed by atoms with Gasteiger partial charge >= 0.3 is 0 Å². The highest BCUT2D eigenvalue weighted by atomic mass is 32.1. The molecular weight excluding hydrogens is 282 g/mol. The van der Waals surface area contributed by atoms with Gasteiger partial charge in [-0.15, -0.1) is 11.3 Å². The van der Waals surface area contributed by atoms with E-state index in [1.165, 1.54) is 0 Å². The number of aliphatic hydroxyl groups is 1. The summed E-state index contributed by atoms with van der Waals surface area (Å²) in [5.74, 6) is 0.0255. The first-order chi connectivity index (χ1) is 10.3. The molecule has 2 rings (SSSR count). The fourth-order valence-corrected chi connectivity index (χ4v) is 2.71. The van der Waals surface area contributed by atoms with Crippen LogP contribution >= 0.6 is 11.3 Å². The summed E-state index contributed by atoms with van der Waals surface area (Å²) in [5.41, 5.74) is 1.13. The highest BCUT2D eigenvalue weighted by molar-refractivity contribution is 7.10. The van der Waals surface area contributed by atoms with Crippen LogP contribution in [0.3, 0.4) is 0 Å². The van der Waals surface area contributed by atoms with Crippen molar-refractivity contribution in [3.05, 3.63) is 64.4 Å². The summed E-state index contributed by atoms with van der Waals surface area (Å²) in [7, 11) is 0. The lowest BCUT2D eigenvalue weighted by Crippen LogP contribution is -2.27. The van der Waals surface area contributed by atoms with E-state index in [4.69, 9.17) is 5.11 Å². The third-order valence-corrected chi connectivity index (χ3v) is 4.05. The van der Waals surface area contributed by atoms with Crippen LogP contribution in [-0.4, -0.2) is 24.2 Å². The third kappa shape index (κ3) is 5.17. The van der Waals surface area contributed by atoms with Crippen LogP contribution in [-0.2, 0) is 4.79 Å². The van der Waals surface area contributed by atoms with Gasteiger partial charge in [-0.25, -0.2) is 0 Å². The molecule has 0 saturated carbocycles. The Labute approximate surface area is 128 Å². The second-order valence-corrected chi connectivity index (χ2v) is 5.69. The summed E-state index contributed by atoms with van der Waals surface area (Å²) in [6.07, 6.45) is 4.00. The van der Waals surface area contributed by atoms with Crippen molar-refractivity contribution < 1.29 is 9.90 Å². The van der Waals surface area contributed by atoms with Gasteiger partial charge in [0.15, 0.2) is 0 Å². The molecular formula is C17H19NO2S. The molecule has 0 fully saturated rings. The molecule has 0 saturated heterocycles. The Bertz CT molecular complexity index is 564. The molecule has 110 valence electrons. The van der Waals surface area contributed by atoms with E-state index in [1.807, 2.05) is 53.9 Å². The normalized spacial score (nSPS) is 12.4. The van der Waals surface area contributed by atoms with Gasteiger partial charge in [0.25, 0.3) is 0 Å². The second-order valence-electron chi connectivity index (χ2n) is 4.71. The number of thiophene rings is 1. The molecule has 0 aliphatic rings. The summed E-state index contributed by atoms with van der Waals surface area (Å²) in [5, 5.41) is 14.0. The van der Waals surface area contributed by atoms with Crippen LogP contribution in [0.25, 0.3) is 6.08 Å². The molecule has 1 atom stereocenters. The zero-order chi connectivity index (χ0) is 14.9. The van der Waals surface area contributed by atoms with Crippen molar-refractivity contribution >= 4 is 23.3 Å². The maximum atomic E-state index is 11.8. The number of hydrogen-bond donors (Lipinski definition) is 2. The van der Waals surface area contributed by atoms with Gasteiger partial charge in [0.1, 0.15) is 0 Å². The molecule has 1 aromatic carbocycles. The lowest BCUT2D eigenvalue weighted by molar-refractivity contribution is -0.116. The predicted octanol–water partition coefficient (Wildman–Crippen LogP) is 3.04. The molecule has 0 spiro atoms. The fraction of sp³-hybridized carbons (Fsp3) is 0.235. The minimum Gasteiger partial charge on any atom is -0.396 e. The lowest BCUT2D eigenvalue weighted by Gasteiger charge is -2.16. The van der Waals surface area contributed by atoms with Gasteiger partial charge in [-0.05, 0) is 29.5 Å². The van der Waals surface area contributed by atoms with E-state index in [1.54, 1.807) is 17.4 Å². The molecule has 0 aliphatic carbocycles. The third-order valence-electron chi connectivity index (χ3n) is 3.21. The first kappa shape index (κ1) is 15.5. The van der Waals surface area contributed by atoms with Crippen LogP contribution in [0, 0.1) is 0 Å². The zero-order valence-electron chi connectivity index (χ0n) is 11.7. The number of amides is 1. The molecule has 21 heavy (non-hydrogen) atoms. The van der Waals surface area contributed by atoms with E-state index in [9.17, 15) is 4.79 Å². The van der Waals surface area contributed by atoms with Crippen LogP contribution in [0.5, 0.6) is 0 Å². The highest BCUT2D eigenvalue weighted by Crippen LogP contribution is 2.18. The molecule has 0 aliphatic heterocycles. The van der Waals surface area contributed by atoms with E-state index < -0.39 is 0 Å². The van der Waals surface area contributed by atoms with Crippen molar-refractivity contribution in [3.8, 4) is 0 Å². The molecule has 0 bridgehead atoms. The molecule has 1 amide bonds. The van der Waals surface area contributed by atoms with Crippen molar-refractivity contribution in [2.75, 3.05) is 13.2 Å². The quantitative estimate of drug-likeness (QED) is 0.772. The molecule has 1 unspecified atom stereocenters. The lowest BCUT2D eigenvalue weighted by atomic mass is 9.96. The van der Waals surface area contributed by atoms with Crippen LogP contribution in [0.15, 0.2) is 53.9 Å². The maximum Gasteiger partial charge on any atom is 0.244 e. The highest BCUT2D eigenvalue weighted by Gasteiger charge is 2.11. The van der Waals surface area contributed by atoms with Gasteiger partial charge in [0, 0.05) is 30.0 Å². The molecule has 1 aromatic heterocycles. The Kier molecular flexibility index (Phi) is 6.19. The van der Waals surface area contributed by atoms with Gasteiger partial charge in [-0.3, -0.25) is 4.79 Å². The summed E-state index contributed by atoms with van der Waals surface area (Å²) in [6.45, 7) is 0.638. The monoisotopic (exact) mass is 301 g/mol. The number of benzene rings is 1. The number of aliphatic hydroxyl groups excluding tert-OH is 1. The van der Waals surface area contributed by atoms with Gasteiger partial charge in [-0.1, -0.05) is 36.4 Å². The van der Waals surface area contributed by atoms with Crippen molar-refractivity contribution in [1.29, 1.82) is 0 Å². The van der Waals surface area contributed by atoms with E-state index in [-0.39, 0.29) is 18.4 Å². The summed E-state index contributed by atoms with van der Waals surface area (Å²) in [4.78, 5) is 12.9. The number of rotatable bonds is 7. The average molecular weight is 301 g/mol. The number of carbonyl (C=O) groups is 1.